The summed E-state index contributed by atoms with van der Waals surface area (Å²) in [6.07, 6.45) is 0. The number of hydrogen-bond acceptors (Lipinski definition) is 2. The number of benzene rings is 2. The van der Waals surface area contributed by atoms with Crippen LogP contribution in [0.15, 0.2) is 83.7 Å². The highest BCUT2D eigenvalue weighted by Crippen LogP contribution is 2.18. The fourth-order valence-electron chi connectivity index (χ4n) is 2.16. The molecule has 0 atom stereocenters. The van der Waals surface area contributed by atoms with Gasteiger partial charge in [0.2, 0.25) is 5.43 Å². The van der Waals surface area contributed by atoms with E-state index in [-0.39, 0.29) is 5.75 Å². The van der Waals surface area contributed by atoms with Crippen LogP contribution in [-0.2, 0) is 0 Å². The van der Waals surface area contributed by atoms with Crippen molar-refractivity contribution in [3.63, 3.8) is 0 Å². The van der Waals surface area contributed by atoms with E-state index in [1.54, 1.807) is 12.1 Å². The Kier molecular flexibility index (Phi) is 4.22. The third kappa shape index (κ3) is 3.66. The first-order valence-corrected chi connectivity index (χ1v) is 7.23. The van der Waals surface area contributed by atoms with Gasteiger partial charge in [0, 0.05) is 11.1 Å². The zero-order valence-corrected chi connectivity index (χ0v) is 12.4. The van der Waals surface area contributed by atoms with Gasteiger partial charge in [0.25, 0.3) is 0 Å². The Hall–Kier alpha value is -3.31. The fraction of sp³-hybridized carbons (Fsp3) is 0. The molecule has 2 heteroatoms. The second-order valence-corrected chi connectivity index (χ2v) is 5.06. The van der Waals surface area contributed by atoms with Crippen molar-refractivity contribution in [2.45, 2.75) is 0 Å². The predicted molar refractivity (Wildman–Crippen MR) is 92.2 cm³/mol. The summed E-state index contributed by atoms with van der Waals surface area (Å²) < 4.78 is 0. The Morgan fingerprint density at radius 3 is 1.78 bits per heavy atom. The minimum Gasteiger partial charge on any atom is -0.504 e. The maximum Gasteiger partial charge on any atom is 0.220 e. The van der Waals surface area contributed by atoms with Crippen LogP contribution in [0, 0.1) is 11.8 Å². The third-order valence-electron chi connectivity index (χ3n) is 3.43. The summed E-state index contributed by atoms with van der Waals surface area (Å²) in [5.41, 5.74) is 3.46. The molecule has 1 N–H and O–H groups in total. The molecular formula is C21H14O2. The molecule has 23 heavy (non-hydrogen) atoms. The lowest BCUT2D eigenvalue weighted by atomic mass is 10.0. The van der Waals surface area contributed by atoms with Crippen LogP contribution in [0.1, 0.15) is 11.1 Å². The number of hydrogen-bond donors (Lipinski definition) is 1. The van der Waals surface area contributed by atoms with Crippen LogP contribution in [0.3, 0.4) is 0 Å². The molecule has 0 aliphatic heterocycles. The lowest BCUT2D eigenvalue weighted by Gasteiger charge is -2.00. The summed E-state index contributed by atoms with van der Waals surface area (Å²) in [7, 11) is 0. The maximum atomic E-state index is 11.3. The highest BCUT2D eigenvalue weighted by atomic mass is 16.3. The van der Waals surface area contributed by atoms with Crippen LogP contribution in [0.5, 0.6) is 5.75 Å². The van der Waals surface area contributed by atoms with Gasteiger partial charge in [-0.1, -0.05) is 54.3 Å². The average Bonchev–Trinajstić information content (AvgIpc) is 2.76. The summed E-state index contributed by atoms with van der Waals surface area (Å²) in [6.45, 7) is 0. The molecule has 0 aliphatic rings. The predicted octanol–water partition coefficient (Wildman–Crippen LogP) is 3.82. The molecule has 0 radical (unpaired) electrons. The van der Waals surface area contributed by atoms with Crippen molar-refractivity contribution in [3.8, 4) is 28.7 Å². The van der Waals surface area contributed by atoms with Gasteiger partial charge in [-0.05, 0) is 47.5 Å². The molecule has 0 aliphatic carbocycles. The second-order valence-electron chi connectivity index (χ2n) is 5.06. The molecule has 0 spiro atoms. The molecule has 0 bridgehead atoms. The molecule has 0 amide bonds. The summed E-state index contributed by atoms with van der Waals surface area (Å²) in [5.74, 6) is 5.78. The molecule has 0 heterocycles. The van der Waals surface area contributed by atoms with Crippen molar-refractivity contribution in [2.24, 2.45) is 0 Å². The molecule has 0 saturated carbocycles. The van der Waals surface area contributed by atoms with Gasteiger partial charge in [-0.2, -0.15) is 0 Å². The monoisotopic (exact) mass is 298 g/mol. The van der Waals surface area contributed by atoms with Crippen molar-refractivity contribution >= 4 is 0 Å². The van der Waals surface area contributed by atoms with Crippen molar-refractivity contribution in [3.05, 3.63) is 100 Å². The van der Waals surface area contributed by atoms with Crippen molar-refractivity contribution in [1.82, 2.24) is 0 Å². The van der Waals surface area contributed by atoms with Gasteiger partial charge in [-0.3, -0.25) is 4.79 Å². The third-order valence-corrected chi connectivity index (χ3v) is 3.43. The molecule has 0 saturated heterocycles. The van der Waals surface area contributed by atoms with Crippen molar-refractivity contribution < 1.29 is 5.11 Å². The zero-order valence-electron chi connectivity index (χ0n) is 12.4. The fourth-order valence-corrected chi connectivity index (χ4v) is 2.16. The molecule has 0 fully saturated rings. The van der Waals surface area contributed by atoms with Crippen molar-refractivity contribution in [1.29, 1.82) is 0 Å². The van der Waals surface area contributed by atoms with E-state index in [0.717, 1.165) is 11.1 Å². The van der Waals surface area contributed by atoms with Crippen LogP contribution < -0.4 is 5.43 Å². The molecule has 2 nitrogen and oxygen atoms in total. The van der Waals surface area contributed by atoms with Crippen molar-refractivity contribution in [2.75, 3.05) is 0 Å². The van der Waals surface area contributed by atoms with E-state index in [2.05, 4.69) is 24.0 Å². The largest absolute Gasteiger partial charge is 0.504 e. The SMILES string of the molecule is O=c1ccc(C#Cc2ccc(-c3ccccc3)cc2)ccc1O. The van der Waals surface area contributed by atoms with E-state index >= 15 is 0 Å². The van der Waals surface area contributed by atoms with E-state index in [0.29, 0.717) is 5.56 Å². The Bertz CT molecular complexity index is 931. The maximum absolute atomic E-state index is 11.3. The van der Waals surface area contributed by atoms with Gasteiger partial charge in [0.1, 0.15) is 0 Å². The molecule has 3 rings (SSSR count). The van der Waals surface area contributed by atoms with E-state index in [4.69, 9.17) is 0 Å². The number of aromatic hydroxyl groups is 1. The Morgan fingerprint density at radius 1 is 0.609 bits per heavy atom. The average molecular weight is 298 g/mol. The molecule has 0 aromatic heterocycles. The Balaban J connectivity index is 1.85. The van der Waals surface area contributed by atoms with Gasteiger partial charge in [0.15, 0.2) is 5.75 Å². The van der Waals surface area contributed by atoms with Crippen LogP contribution in [0.4, 0.5) is 0 Å². The summed E-state index contributed by atoms with van der Waals surface area (Å²) >= 11 is 0. The van der Waals surface area contributed by atoms with Gasteiger partial charge in [-0.15, -0.1) is 0 Å². The topological polar surface area (TPSA) is 37.3 Å². The Morgan fingerprint density at radius 2 is 1.13 bits per heavy atom. The number of rotatable bonds is 1. The quantitative estimate of drug-likeness (QED) is 0.693. The first kappa shape index (κ1) is 14.6. The standard InChI is InChI=1S/C21H14O2/c22-20-14-10-17(11-15-21(20)23)7-6-16-8-12-19(13-9-16)18-4-2-1-3-5-18/h1-5,8-15H,(H,22,23). The smallest absolute Gasteiger partial charge is 0.220 e. The van der Waals surface area contributed by atoms with Gasteiger partial charge >= 0.3 is 0 Å². The van der Waals surface area contributed by atoms with Crippen LogP contribution in [-0.4, -0.2) is 5.11 Å². The van der Waals surface area contributed by atoms with E-state index in [1.165, 1.54) is 17.7 Å². The lowest BCUT2D eigenvalue weighted by molar-refractivity contribution is 0.471. The Labute approximate surface area is 134 Å². The summed E-state index contributed by atoms with van der Waals surface area (Å²) in [4.78, 5) is 11.3. The van der Waals surface area contributed by atoms with Gasteiger partial charge in [-0.25, -0.2) is 0 Å². The lowest BCUT2D eigenvalue weighted by Crippen LogP contribution is -1.91. The molecule has 3 aromatic carbocycles. The van der Waals surface area contributed by atoms with E-state index < -0.39 is 5.43 Å². The molecule has 110 valence electrons. The van der Waals surface area contributed by atoms with Gasteiger partial charge in [0.05, 0.1) is 0 Å². The highest BCUT2D eigenvalue weighted by molar-refractivity contribution is 5.64. The zero-order chi connectivity index (χ0) is 16.1. The van der Waals surface area contributed by atoms with E-state index in [1.807, 2.05) is 42.5 Å². The minimum absolute atomic E-state index is 0.273. The molecule has 3 aromatic rings. The molecule has 0 unspecified atom stereocenters. The molecular weight excluding hydrogens is 284 g/mol. The first-order valence-electron chi connectivity index (χ1n) is 7.23. The minimum atomic E-state index is -0.412. The highest BCUT2D eigenvalue weighted by Gasteiger charge is 1.96. The second kappa shape index (κ2) is 6.64. The van der Waals surface area contributed by atoms with E-state index in [9.17, 15) is 9.90 Å². The normalized spacial score (nSPS) is 9.74. The van der Waals surface area contributed by atoms with Crippen LogP contribution in [0.2, 0.25) is 0 Å². The van der Waals surface area contributed by atoms with Crippen LogP contribution in [0.25, 0.3) is 11.1 Å². The summed E-state index contributed by atoms with van der Waals surface area (Å²) in [5, 5.41) is 9.37. The van der Waals surface area contributed by atoms with Crippen LogP contribution >= 0.6 is 0 Å². The summed E-state index contributed by atoms with van der Waals surface area (Å²) in [6, 6.07) is 24.1. The first-order chi connectivity index (χ1) is 11.2. The van der Waals surface area contributed by atoms with Gasteiger partial charge < -0.3 is 5.11 Å².